The number of benzene rings is 1. The van der Waals surface area contributed by atoms with Gasteiger partial charge in [-0.1, -0.05) is 39.0 Å². The molecule has 0 bridgehead atoms. The molecule has 0 aliphatic heterocycles. The highest BCUT2D eigenvalue weighted by molar-refractivity contribution is 7.89. The highest BCUT2D eigenvalue weighted by Gasteiger charge is 2.19. The molecule has 0 heterocycles. The Bertz CT molecular complexity index is 639. The van der Waals surface area contributed by atoms with E-state index >= 15 is 0 Å². The number of hydrogen-bond donors (Lipinski definition) is 1. The van der Waals surface area contributed by atoms with Gasteiger partial charge < -0.3 is 4.90 Å². The lowest BCUT2D eigenvalue weighted by atomic mass is 9.97. The van der Waals surface area contributed by atoms with E-state index in [1.807, 2.05) is 32.0 Å². The maximum atomic E-state index is 12.1. The van der Waals surface area contributed by atoms with E-state index in [0.29, 0.717) is 13.0 Å². The highest BCUT2D eigenvalue weighted by Crippen LogP contribution is 2.30. The van der Waals surface area contributed by atoms with Crippen LogP contribution in [0.3, 0.4) is 0 Å². The van der Waals surface area contributed by atoms with Gasteiger partial charge in [0.1, 0.15) is 0 Å². The number of para-hydroxylation sites is 1. The Hall–Kier alpha value is -1.40. The van der Waals surface area contributed by atoms with Crippen molar-refractivity contribution in [1.82, 2.24) is 4.72 Å². The van der Waals surface area contributed by atoms with Crippen molar-refractivity contribution in [2.24, 2.45) is 0 Å². The van der Waals surface area contributed by atoms with Crippen LogP contribution in [0.4, 0.5) is 5.69 Å². The van der Waals surface area contributed by atoms with E-state index in [1.165, 1.54) is 6.92 Å². The van der Waals surface area contributed by atoms with Crippen molar-refractivity contribution in [3.05, 3.63) is 29.3 Å². The van der Waals surface area contributed by atoms with Gasteiger partial charge >= 0.3 is 0 Å². The van der Waals surface area contributed by atoms with Crippen LogP contribution in [0, 0.1) is 6.92 Å². The zero-order valence-corrected chi connectivity index (χ0v) is 15.5. The van der Waals surface area contributed by atoms with Gasteiger partial charge in [0.25, 0.3) is 0 Å². The topological polar surface area (TPSA) is 66.5 Å². The molecule has 0 atom stereocenters. The molecule has 23 heavy (non-hydrogen) atoms. The van der Waals surface area contributed by atoms with Crippen LogP contribution in [0.1, 0.15) is 51.2 Å². The number of carbonyl (C=O) groups excluding carboxylic acids is 1. The Morgan fingerprint density at radius 3 is 2.48 bits per heavy atom. The third-order valence-corrected chi connectivity index (χ3v) is 5.26. The molecule has 1 amide bonds. The van der Waals surface area contributed by atoms with Crippen LogP contribution in [0.2, 0.25) is 0 Å². The van der Waals surface area contributed by atoms with Crippen LogP contribution in [0.25, 0.3) is 0 Å². The summed E-state index contributed by atoms with van der Waals surface area (Å²) in [6, 6.07) is 5.97. The molecule has 0 aromatic heterocycles. The largest absolute Gasteiger partial charge is 0.311 e. The van der Waals surface area contributed by atoms with Gasteiger partial charge in [0.15, 0.2) is 0 Å². The number of hydrogen-bond acceptors (Lipinski definition) is 3. The monoisotopic (exact) mass is 340 g/mol. The SMILES string of the molecule is CCCS(=O)(=O)NCCN(C(C)=O)c1c(C)cccc1C(C)C. The zero-order valence-electron chi connectivity index (χ0n) is 14.7. The summed E-state index contributed by atoms with van der Waals surface area (Å²) in [7, 11) is -3.26. The van der Waals surface area contributed by atoms with E-state index < -0.39 is 10.0 Å². The minimum atomic E-state index is -3.26. The standard InChI is InChI=1S/C17H28N2O3S/c1-6-12-23(21,22)18-10-11-19(15(5)20)17-14(4)8-7-9-16(17)13(2)3/h7-9,13,18H,6,10-12H2,1-5H3. The highest BCUT2D eigenvalue weighted by atomic mass is 32.2. The van der Waals surface area contributed by atoms with Gasteiger partial charge in [0.2, 0.25) is 15.9 Å². The molecule has 0 unspecified atom stereocenters. The first-order valence-electron chi connectivity index (χ1n) is 8.04. The lowest BCUT2D eigenvalue weighted by Crippen LogP contribution is -2.39. The van der Waals surface area contributed by atoms with Crippen molar-refractivity contribution in [2.75, 3.05) is 23.7 Å². The lowest BCUT2D eigenvalue weighted by Gasteiger charge is -2.27. The number of rotatable bonds is 8. The molecule has 0 aliphatic carbocycles. The Kier molecular flexibility index (Phi) is 7.22. The Labute approximate surface area is 140 Å². The van der Waals surface area contributed by atoms with Crippen LogP contribution < -0.4 is 9.62 Å². The van der Waals surface area contributed by atoms with E-state index in [1.54, 1.807) is 4.90 Å². The van der Waals surface area contributed by atoms with Gasteiger partial charge in [0.05, 0.1) is 11.4 Å². The van der Waals surface area contributed by atoms with Gasteiger partial charge in [-0.3, -0.25) is 4.79 Å². The number of nitrogens with zero attached hydrogens (tertiary/aromatic N) is 1. The molecule has 1 aromatic carbocycles. The maximum Gasteiger partial charge on any atom is 0.223 e. The van der Waals surface area contributed by atoms with Gasteiger partial charge in [-0.2, -0.15) is 0 Å². The van der Waals surface area contributed by atoms with Gasteiger partial charge in [-0.15, -0.1) is 0 Å². The molecule has 0 fully saturated rings. The minimum absolute atomic E-state index is 0.0871. The Morgan fingerprint density at radius 2 is 1.96 bits per heavy atom. The van der Waals surface area contributed by atoms with Crippen LogP contribution in [-0.2, 0) is 14.8 Å². The summed E-state index contributed by atoms with van der Waals surface area (Å²) < 4.78 is 26.1. The fraction of sp³-hybridized carbons (Fsp3) is 0.588. The fourth-order valence-corrected chi connectivity index (χ4v) is 3.68. The summed E-state index contributed by atoms with van der Waals surface area (Å²) in [6.07, 6.45) is 0.570. The number of aryl methyl sites for hydroxylation is 1. The number of carbonyl (C=O) groups is 1. The quantitative estimate of drug-likeness (QED) is 0.791. The van der Waals surface area contributed by atoms with Gasteiger partial charge in [0, 0.05) is 20.0 Å². The zero-order chi connectivity index (χ0) is 17.6. The number of amides is 1. The second-order valence-corrected chi connectivity index (χ2v) is 7.98. The van der Waals surface area contributed by atoms with E-state index in [2.05, 4.69) is 18.6 Å². The second-order valence-electron chi connectivity index (χ2n) is 6.05. The van der Waals surface area contributed by atoms with Crippen molar-refractivity contribution in [3.63, 3.8) is 0 Å². The van der Waals surface area contributed by atoms with Crippen LogP contribution in [0.15, 0.2) is 18.2 Å². The summed E-state index contributed by atoms with van der Waals surface area (Å²) in [5, 5.41) is 0. The van der Waals surface area contributed by atoms with Crippen molar-refractivity contribution in [3.8, 4) is 0 Å². The third-order valence-electron chi connectivity index (χ3n) is 3.67. The summed E-state index contributed by atoms with van der Waals surface area (Å²) >= 11 is 0. The summed E-state index contributed by atoms with van der Waals surface area (Å²) in [6.45, 7) is 10.0. The lowest BCUT2D eigenvalue weighted by molar-refractivity contribution is -0.116. The number of anilines is 1. The van der Waals surface area contributed by atoms with Crippen LogP contribution >= 0.6 is 0 Å². The Balaban J connectivity index is 2.99. The first-order chi connectivity index (χ1) is 10.7. The molecular formula is C17H28N2O3S. The summed E-state index contributed by atoms with van der Waals surface area (Å²) in [5.74, 6) is 0.300. The molecule has 1 rings (SSSR count). The molecular weight excluding hydrogens is 312 g/mol. The van der Waals surface area contributed by atoms with E-state index in [-0.39, 0.29) is 24.1 Å². The third kappa shape index (κ3) is 5.62. The van der Waals surface area contributed by atoms with E-state index in [4.69, 9.17) is 0 Å². The Morgan fingerprint density at radius 1 is 1.30 bits per heavy atom. The molecule has 0 saturated heterocycles. The maximum absolute atomic E-state index is 12.1. The average Bonchev–Trinajstić information content (AvgIpc) is 2.43. The van der Waals surface area contributed by atoms with E-state index in [0.717, 1.165) is 16.8 Å². The molecule has 6 heteroatoms. The summed E-state index contributed by atoms with van der Waals surface area (Å²) in [4.78, 5) is 13.8. The molecule has 1 aromatic rings. The fourth-order valence-electron chi connectivity index (χ4n) is 2.60. The molecule has 0 radical (unpaired) electrons. The van der Waals surface area contributed by atoms with E-state index in [9.17, 15) is 13.2 Å². The molecule has 0 aliphatic rings. The number of nitrogens with one attached hydrogen (secondary N) is 1. The van der Waals surface area contributed by atoms with Crippen molar-refractivity contribution in [2.45, 2.75) is 47.0 Å². The molecule has 130 valence electrons. The average molecular weight is 340 g/mol. The predicted octanol–water partition coefficient (Wildman–Crippen LogP) is 2.80. The van der Waals surface area contributed by atoms with Crippen molar-refractivity contribution < 1.29 is 13.2 Å². The smallest absolute Gasteiger partial charge is 0.223 e. The normalized spacial score (nSPS) is 11.7. The molecule has 1 N–H and O–H groups in total. The minimum Gasteiger partial charge on any atom is -0.311 e. The van der Waals surface area contributed by atoms with Gasteiger partial charge in [-0.25, -0.2) is 13.1 Å². The first-order valence-corrected chi connectivity index (χ1v) is 9.69. The van der Waals surface area contributed by atoms with Crippen molar-refractivity contribution >= 4 is 21.6 Å². The predicted molar refractivity (Wildman–Crippen MR) is 95.4 cm³/mol. The summed E-state index contributed by atoms with van der Waals surface area (Å²) in [5.41, 5.74) is 3.00. The molecule has 0 saturated carbocycles. The second kappa shape index (κ2) is 8.45. The first kappa shape index (κ1) is 19.6. The van der Waals surface area contributed by atoms with Gasteiger partial charge in [-0.05, 0) is 30.4 Å². The van der Waals surface area contributed by atoms with Crippen LogP contribution in [-0.4, -0.2) is 33.2 Å². The molecule has 5 nitrogen and oxygen atoms in total. The molecule has 0 spiro atoms. The number of sulfonamides is 1. The van der Waals surface area contributed by atoms with Crippen molar-refractivity contribution in [1.29, 1.82) is 0 Å². The van der Waals surface area contributed by atoms with Crippen LogP contribution in [0.5, 0.6) is 0 Å².